The van der Waals surface area contributed by atoms with Crippen molar-refractivity contribution in [2.75, 3.05) is 12.9 Å². The summed E-state index contributed by atoms with van der Waals surface area (Å²) in [7, 11) is 1.70. The van der Waals surface area contributed by atoms with Gasteiger partial charge in [-0.05, 0) is 53.0 Å². The van der Waals surface area contributed by atoms with E-state index in [9.17, 15) is 0 Å². The summed E-state index contributed by atoms with van der Waals surface area (Å²) >= 11 is 5.34. The van der Waals surface area contributed by atoms with Gasteiger partial charge in [0.05, 0.1) is 7.11 Å². The predicted octanol–water partition coefficient (Wildman–Crippen LogP) is 4.43. The first-order chi connectivity index (χ1) is 10.1. The summed E-state index contributed by atoms with van der Waals surface area (Å²) in [4.78, 5) is 1.23. The summed E-state index contributed by atoms with van der Waals surface area (Å²) in [5.41, 5.74) is 8.70. The van der Waals surface area contributed by atoms with E-state index in [1.165, 1.54) is 16.0 Å². The van der Waals surface area contributed by atoms with Crippen LogP contribution in [0.25, 0.3) is 0 Å². The van der Waals surface area contributed by atoms with Gasteiger partial charge in [-0.2, -0.15) is 0 Å². The van der Waals surface area contributed by atoms with E-state index in [1.54, 1.807) is 18.9 Å². The van der Waals surface area contributed by atoms with E-state index in [4.69, 9.17) is 10.5 Å². The lowest BCUT2D eigenvalue weighted by Gasteiger charge is -2.15. The highest BCUT2D eigenvalue weighted by Crippen LogP contribution is 2.28. The van der Waals surface area contributed by atoms with Crippen LogP contribution in [0.1, 0.15) is 11.1 Å². The molecule has 0 saturated heterocycles. The summed E-state index contributed by atoms with van der Waals surface area (Å²) in [5.74, 6) is 1.79. The van der Waals surface area contributed by atoms with Gasteiger partial charge in [-0.15, -0.1) is 11.8 Å². The Morgan fingerprint density at radius 3 is 2.71 bits per heavy atom. The molecule has 0 aromatic heterocycles. The van der Waals surface area contributed by atoms with E-state index in [0.717, 1.165) is 22.4 Å². The number of halogens is 1. The fourth-order valence-electron chi connectivity index (χ4n) is 2.17. The SMILES string of the molecule is COc1ccc(C)cc1CC(N)CSc1ccccc1Br. The van der Waals surface area contributed by atoms with Gasteiger partial charge in [0.15, 0.2) is 0 Å². The minimum absolute atomic E-state index is 0.0952. The molecule has 1 unspecified atom stereocenters. The lowest BCUT2D eigenvalue weighted by atomic mass is 10.0. The first-order valence-electron chi connectivity index (χ1n) is 6.86. The van der Waals surface area contributed by atoms with Crippen molar-refractivity contribution < 1.29 is 4.74 Å². The molecule has 0 aliphatic heterocycles. The fraction of sp³-hybridized carbons (Fsp3) is 0.294. The van der Waals surface area contributed by atoms with Crippen molar-refractivity contribution >= 4 is 27.7 Å². The Hall–Kier alpha value is -0.970. The van der Waals surface area contributed by atoms with Crippen molar-refractivity contribution in [3.63, 3.8) is 0 Å². The van der Waals surface area contributed by atoms with E-state index in [2.05, 4.69) is 47.1 Å². The topological polar surface area (TPSA) is 35.2 Å². The van der Waals surface area contributed by atoms with Crippen molar-refractivity contribution in [1.29, 1.82) is 0 Å². The third kappa shape index (κ3) is 4.77. The number of nitrogens with two attached hydrogens (primary N) is 1. The van der Waals surface area contributed by atoms with E-state index in [1.807, 2.05) is 18.2 Å². The van der Waals surface area contributed by atoms with Gasteiger partial charge in [-0.1, -0.05) is 29.8 Å². The molecule has 0 radical (unpaired) electrons. The zero-order valence-electron chi connectivity index (χ0n) is 12.3. The number of ether oxygens (including phenoxy) is 1. The van der Waals surface area contributed by atoms with Crippen LogP contribution < -0.4 is 10.5 Å². The molecule has 2 nitrogen and oxygen atoms in total. The van der Waals surface area contributed by atoms with Crippen molar-refractivity contribution in [2.24, 2.45) is 5.73 Å². The van der Waals surface area contributed by atoms with Crippen molar-refractivity contribution in [3.8, 4) is 5.75 Å². The van der Waals surface area contributed by atoms with Gasteiger partial charge in [0.2, 0.25) is 0 Å². The second kappa shape index (κ2) is 7.87. The number of methoxy groups -OCH3 is 1. The molecule has 112 valence electrons. The lowest BCUT2D eigenvalue weighted by molar-refractivity contribution is 0.408. The minimum atomic E-state index is 0.0952. The average Bonchev–Trinajstić information content (AvgIpc) is 2.47. The number of rotatable bonds is 6. The van der Waals surface area contributed by atoms with Crippen molar-refractivity contribution in [1.82, 2.24) is 0 Å². The van der Waals surface area contributed by atoms with Crippen LogP contribution >= 0.6 is 27.7 Å². The molecule has 2 aromatic rings. The number of hydrogen-bond donors (Lipinski definition) is 1. The highest BCUT2D eigenvalue weighted by molar-refractivity contribution is 9.10. The summed E-state index contributed by atoms with van der Waals surface area (Å²) in [6.45, 7) is 2.09. The average molecular weight is 366 g/mol. The zero-order chi connectivity index (χ0) is 15.2. The molecule has 0 fully saturated rings. The molecule has 1 atom stereocenters. The van der Waals surface area contributed by atoms with Gasteiger partial charge >= 0.3 is 0 Å². The Kier molecular flexibility index (Phi) is 6.15. The van der Waals surface area contributed by atoms with Gasteiger partial charge in [-0.25, -0.2) is 0 Å². The van der Waals surface area contributed by atoms with Gasteiger partial charge in [-0.3, -0.25) is 0 Å². The van der Waals surface area contributed by atoms with E-state index < -0.39 is 0 Å². The number of aryl methyl sites for hydroxylation is 1. The smallest absolute Gasteiger partial charge is 0.122 e. The molecule has 2 N–H and O–H groups in total. The van der Waals surface area contributed by atoms with Crippen LogP contribution in [0.2, 0.25) is 0 Å². The predicted molar refractivity (Wildman–Crippen MR) is 94.3 cm³/mol. The zero-order valence-corrected chi connectivity index (χ0v) is 14.7. The van der Waals surface area contributed by atoms with E-state index in [-0.39, 0.29) is 6.04 Å². The van der Waals surface area contributed by atoms with Gasteiger partial charge < -0.3 is 10.5 Å². The van der Waals surface area contributed by atoms with Crippen LogP contribution in [-0.4, -0.2) is 18.9 Å². The monoisotopic (exact) mass is 365 g/mol. The van der Waals surface area contributed by atoms with Gasteiger partial charge in [0.1, 0.15) is 5.75 Å². The second-order valence-electron chi connectivity index (χ2n) is 5.02. The van der Waals surface area contributed by atoms with Crippen LogP contribution in [0.4, 0.5) is 0 Å². The van der Waals surface area contributed by atoms with Crippen LogP contribution in [0.15, 0.2) is 51.8 Å². The highest BCUT2D eigenvalue weighted by Gasteiger charge is 2.10. The Morgan fingerprint density at radius 2 is 2.00 bits per heavy atom. The minimum Gasteiger partial charge on any atom is -0.496 e. The normalized spacial score (nSPS) is 12.2. The molecule has 0 spiro atoms. The quantitative estimate of drug-likeness (QED) is 0.769. The summed E-state index contributed by atoms with van der Waals surface area (Å²) < 4.78 is 6.53. The maximum Gasteiger partial charge on any atom is 0.122 e. The standard InChI is InChI=1S/C17H20BrNOS/c1-12-7-8-16(20-2)13(9-12)10-14(19)11-21-17-6-4-3-5-15(17)18/h3-9,14H,10-11,19H2,1-2H3. The van der Waals surface area contributed by atoms with Gasteiger partial charge in [0.25, 0.3) is 0 Å². The lowest BCUT2D eigenvalue weighted by Crippen LogP contribution is -2.25. The number of thioether (sulfide) groups is 1. The van der Waals surface area contributed by atoms with E-state index in [0.29, 0.717) is 0 Å². The molecule has 0 saturated carbocycles. The molecule has 0 aliphatic rings. The van der Waals surface area contributed by atoms with Crippen LogP contribution in [0.5, 0.6) is 5.75 Å². The first kappa shape index (κ1) is 16.4. The highest BCUT2D eigenvalue weighted by atomic mass is 79.9. The Morgan fingerprint density at radius 1 is 1.24 bits per heavy atom. The third-order valence-electron chi connectivity index (χ3n) is 3.21. The molecule has 0 amide bonds. The first-order valence-corrected chi connectivity index (χ1v) is 8.64. The second-order valence-corrected chi connectivity index (χ2v) is 6.94. The molecule has 2 aromatic carbocycles. The molecule has 2 rings (SSSR count). The maximum atomic E-state index is 6.29. The van der Waals surface area contributed by atoms with Crippen molar-refractivity contribution in [2.45, 2.75) is 24.3 Å². The van der Waals surface area contributed by atoms with Crippen LogP contribution in [-0.2, 0) is 6.42 Å². The van der Waals surface area contributed by atoms with Crippen molar-refractivity contribution in [3.05, 3.63) is 58.1 Å². The van der Waals surface area contributed by atoms with Gasteiger partial charge in [0, 0.05) is 21.2 Å². The third-order valence-corrected chi connectivity index (χ3v) is 5.42. The molecular weight excluding hydrogens is 346 g/mol. The molecule has 0 aliphatic carbocycles. The Bertz CT molecular complexity index is 603. The maximum absolute atomic E-state index is 6.29. The molecule has 0 bridgehead atoms. The molecule has 4 heteroatoms. The van der Waals surface area contributed by atoms with Crippen LogP contribution in [0, 0.1) is 6.92 Å². The summed E-state index contributed by atoms with van der Waals surface area (Å²) in [6, 6.07) is 14.5. The largest absolute Gasteiger partial charge is 0.496 e. The number of benzene rings is 2. The van der Waals surface area contributed by atoms with E-state index >= 15 is 0 Å². The Balaban J connectivity index is 1.97. The van der Waals surface area contributed by atoms with Crippen LogP contribution in [0.3, 0.4) is 0 Å². The molecular formula is C17H20BrNOS. The molecule has 21 heavy (non-hydrogen) atoms. The molecule has 0 heterocycles. The Labute approximate surface area is 139 Å². The number of hydrogen-bond acceptors (Lipinski definition) is 3. The summed E-state index contributed by atoms with van der Waals surface area (Å²) in [5, 5.41) is 0. The summed E-state index contributed by atoms with van der Waals surface area (Å²) in [6.07, 6.45) is 0.822. The fourth-order valence-corrected chi connectivity index (χ4v) is 3.69.